The Kier molecular flexibility index (Phi) is 36.1. The highest BCUT2D eigenvalue weighted by molar-refractivity contribution is 5.80. The highest BCUT2D eigenvalue weighted by Gasteiger charge is 2.17. The summed E-state index contributed by atoms with van der Waals surface area (Å²) in [4.78, 5) is 73.2. The van der Waals surface area contributed by atoms with Gasteiger partial charge in [0.05, 0.1) is 19.8 Å². The van der Waals surface area contributed by atoms with Crippen LogP contribution < -0.4 is 31.9 Å². The second-order valence-corrected chi connectivity index (χ2v) is 13.5. The number of hydrogen-bond donors (Lipinski definition) is 7. The van der Waals surface area contributed by atoms with E-state index in [2.05, 4.69) is 31.9 Å². The third-order valence-corrected chi connectivity index (χ3v) is 8.38. The van der Waals surface area contributed by atoms with Gasteiger partial charge in [-0.1, -0.05) is 6.42 Å². The van der Waals surface area contributed by atoms with Crippen LogP contribution in [0.1, 0.15) is 89.9 Å². The molecular weight excluding hydrogens is 732 g/mol. The number of nitrogens with one attached hydrogen (secondary N) is 6. The molecule has 2 unspecified atom stereocenters. The van der Waals surface area contributed by atoms with Crippen molar-refractivity contribution in [1.29, 1.82) is 0 Å². The smallest absolute Gasteiger partial charge is 0.245 e. The van der Waals surface area contributed by atoms with Crippen molar-refractivity contribution in [3.8, 4) is 0 Å². The summed E-state index contributed by atoms with van der Waals surface area (Å²) in [5.41, 5.74) is 0. The van der Waals surface area contributed by atoms with E-state index < -0.39 is 6.04 Å². The Balaban J connectivity index is 4.51. The maximum Gasteiger partial charge on any atom is 0.245 e. The minimum absolute atomic E-state index is 0.0515. The summed E-state index contributed by atoms with van der Waals surface area (Å²) in [6.45, 7) is 3.55. The van der Waals surface area contributed by atoms with Gasteiger partial charge in [0.15, 0.2) is 0 Å². The number of unbranched alkanes of at least 4 members (excludes halogenated alkanes) is 3. The molecule has 0 rings (SSSR count). The van der Waals surface area contributed by atoms with Gasteiger partial charge in [-0.3, -0.25) is 28.8 Å². The molecule has 0 bridgehead atoms. The van der Waals surface area contributed by atoms with E-state index in [4.69, 9.17) is 23.7 Å². The van der Waals surface area contributed by atoms with Crippen LogP contribution in [0.3, 0.4) is 0 Å². The van der Waals surface area contributed by atoms with Crippen molar-refractivity contribution in [2.75, 3.05) is 107 Å². The van der Waals surface area contributed by atoms with E-state index in [1.807, 2.05) is 0 Å². The first-order valence-electron chi connectivity index (χ1n) is 20.0. The van der Waals surface area contributed by atoms with Gasteiger partial charge in [-0.05, 0) is 57.8 Å². The molecule has 0 spiro atoms. The lowest BCUT2D eigenvalue weighted by Gasteiger charge is -2.19. The fraction of sp³-hybridized carbons (Fsp3) is 0.842. The van der Waals surface area contributed by atoms with Gasteiger partial charge >= 0.3 is 0 Å². The van der Waals surface area contributed by atoms with E-state index in [9.17, 15) is 33.9 Å². The Morgan fingerprint density at radius 3 is 1.55 bits per heavy atom. The van der Waals surface area contributed by atoms with Gasteiger partial charge < -0.3 is 60.7 Å². The van der Waals surface area contributed by atoms with Crippen molar-refractivity contribution < 1.29 is 57.6 Å². The molecule has 0 aliphatic rings. The number of carbonyl (C=O) groups excluding carboxylic acids is 6. The standard InChI is InChI=1S/C38H72N6O12/c1-52-22-9-6-14-33(46)42-20-24-55-29-37(50)40-18-8-5-13-32(26-36(49)39-17-7-4-12-31(27-45)28-54-3)44-35(48)15-10-19-41-38(51)30-56-25-21-43-34(47)16-11-23-53-2/h31-32,45H,4-30H2,1-3H3,(H,39,49)(H,40,50)(H,41,51)(H,42,46)(H,43,47)(H,44,48). The van der Waals surface area contributed by atoms with Crippen molar-refractivity contribution in [2.45, 2.75) is 95.9 Å². The van der Waals surface area contributed by atoms with Crippen LogP contribution in [0.4, 0.5) is 0 Å². The zero-order chi connectivity index (χ0) is 41.5. The second kappa shape index (κ2) is 38.5. The molecule has 0 saturated heterocycles. The summed E-state index contributed by atoms with van der Waals surface area (Å²) in [5.74, 6) is -1.13. The van der Waals surface area contributed by atoms with Gasteiger partial charge in [0.25, 0.3) is 0 Å². The summed E-state index contributed by atoms with van der Waals surface area (Å²) in [5, 5.41) is 26.2. The quantitative estimate of drug-likeness (QED) is 0.0410. The zero-order valence-electron chi connectivity index (χ0n) is 34.2. The van der Waals surface area contributed by atoms with E-state index in [0.717, 1.165) is 32.1 Å². The first-order chi connectivity index (χ1) is 27.1. The zero-order valence-corrected chi connectivity index (χ0v) is 34.2. The molecule has 0 heterocycles. The number of hydrogen-bond acceptors (Lipinski definition) is 12. The Morgan fingerprint density at radius 2 is 0.982 bits per heavy atom. The lowest BCUT2D eigenvalue weighted by atomic mass is 10.0. The van der Waals surface area contributed by atoms with E-state index >= 15 is 0 Å². The maximum atomic E-state index is 12.8. The fourth-order valence-electron chi connectivity index (χ4n) is 5.33. The monoisotopic (exact) mass is 805 g/mol. The molecule has 18 heteroatoms. The van der Waals surface area contributed by atoms with Crippen molar-refractivity contribution in [3.05, 3.63) is 0 Å². The van der Waals surface area contributed by atoms with Gasteiger partial charge in [-0.2, -0.15) is 0 Å². The van der Waals surface area contributed by atoms with Crippen molar-refractivity contribution in [2.24, 2.45) is 5.92 Å². The molecule has 7 N–H and O–H groups in total. The predicted octanol–water partition coefficient (Wildman–Crippen LogP) is 0.0945. The Hall–Kier alpha value is -3.42. The number of rotatable bonds is 39. The lowest BCUT2D eigenvalue weighted by Crippen LogP contribution is -2.40. The number of aliphatic hydroxyl groups is 1. The highest BCUT2D eigenvalue weighted by atomic mass is 16.5. The van der Waals surface area contributed by atoms with Gasteiger partial charge in [0, 0.05) is 112 Å². The molecule has 0 fully saturated rings. The van der Waals surface area contributed by atoms with Crippen molar-refractivity contribution in [1.82, 2.24) is 31.9 Å². The first kappa shape index (κ1) is 52.6. The number of ether oxygens (including phenoxy) is 5. The number of carbonyl (C=O) groups is 6. The Bertz CT molecular complexity index is 1050. The van der Waals surface area contributed by atoms with E-state index in [1.165, 1.54) is 0 Å². The number of aliphatic hydroxyl groups excluding tert-OH is 1. The summed E-state index contributed by atoms with van der Waals surface area (Å²) >= 11 is 0. The molecule has 0 saturated carbocycles. The second-order valence-electron chi connectivity index (χ2n) is 13.5. The molecule has 326 valence electrons. The molecule has 6 amide bonds. The molecule has 0 aromatic carbocycles. The van der Waals surface area contributed by atoms with E-state index in [-0.39, 0.29) is 93.8 Å². The van der Waals surface area contributed by atoms with Gasteiger partial charge in [-0.15, -0.1) is 0 Å². The lowest BCUT2D eigenvalue weighted by molar-refractivity contribution is -0.127. The average molecular weight is 805 g/mol. The predicted molar refractivity (Wildman–Crippen MR) is 209 cm³/mol. The largest absolute Gasteiger partial charge is 0.396 e. The molecule has 2 atom stereocenters. The first-order valence-corrected chi connectivity index (χ1v) is 20.0. The maximum absolute atomic E-state index is 12.8. The van der Waals surface area contributed by atoms with Crippen LogP contribution in [0.15, 0.2) is 0 Å². The molecule has 0 aliphatic carbocycles. The van der Waals surface area contributed by atoms with E-state index in [1.54, 1.807) is 21.3 Å². The summed E-state index contributed by atoms with van der Waals surface area (Å²) < 4.78 is 25.6. The topological polar surface area (TPSA) is 241 Å². The number of amides is 6. The molecule has 0 aromatic rings. The Morgan fingerprint density at radius 1 is 0.482 bits per heavy atom. The number of methoxy groups -OCH3 is 3. The Labute approximate surface area is 333 Å². The van der Waals surface area contributed by atoms with Crippen LogP contribution in [0.5, 0.6) is 0 Å². The van der Waals surface area contributed by atoms with E-state index in [0.29, 0.717) is 90.9 Å². The molecule has 0 aliphatic heterocycles. The molecule has 0 aromatic heterocycles. The third-order valence-electron chi connectivity index (χ3n) is 8.38. The van der Waals surface area contributed by atoms with Gasteiger partial charge in [0.2, 0.25) is 35.4 Å². The van der Waals surface area contributed by atoms with Gasteiger partial charge in [0.1, 0.15) is 13.2 Å². The minimum Gasteiger partial charge on any atom is -0.396 e. The van der Waals surface area contributed by atoms with Crippen molar-refractivity contribution in [3.63, 3.8) is 0 Å². The van der Waals surface area contributed by atoms with Crippen molar-refractivity contribution >= 4 is 35.4 Å². The normalized spacial score (nSPS) is 12.0. The summed E-state index contributed by atoms with van der Waals surface area (Å²) in [7, 11) is 4.79. The highest BCUT2D eigenvalue weighted by Crippen LogP contribution is 2.09. The minimum atomic E-state index is -0.416. The fourth-order valence-corrected chi connectivity index (χ4v) is 5.33. The van der Waals surface area contributed by atoms with Crippen LogP contribution >= 0.6 is 0 Å². The SMILES string of the molecule is COCCCCC(=O)NCCOCC(=O)NCCCCC(CC(=O)NCCCCC(CO)COC)NC(=O)CCCNC(=O)COCCNC(=O)CCCOC. The van der Waals surface area contributed by atoms with Crippen LogP contribution in [0.2, 0.25) is 0 Å². The van der Waals surface area contributed by atoms with Crippen LogP contribution in [-0.2, 0) is 52.5 Å². The molecule has 0 radical (unpaired) electrons. The molecule has 18 nitrogen and oxygen atoms in total. The third kappa shape index (κ3) is 35.0. The molecular formula is C38H72N6O12. The summed E-state index contributed by atoms with van der Waals surface area (Å²) in [6.07, 6.45) is 7.76. The van der Waals surface area contributed by atoms with Crippen LogP contribution in [0.25, 0.3) is 0 Å². The van der Waals surface area contributed by atoms with Crippen LogP contribution in [0, 0.1) is 5.92 Å². The van der Waals surface area contributed by atoms with Crippen LogP contribution in [-0.4, -0.2) is 153 Å². The average Bonchev–Trinajstić information content (AvgIpc) is 3.17. The summed E-state index contributed by atoms with van der Waals surface area (Å²) in [6, 6.07) is -0.416. The molecule has 56 heavy (non-hydrogen) atoms. The van der Waals surface area contributed by atoms with Gasteiger partial charge in [-0.25, -0.2) is 0 Å².